The number of nitrogens with zero attached hydrogens (tertiary/aromatic N) is 1. The Labute approximate surface area is 143 Å². The molecule has 130 valence electrons. The number of amides is 2. The van der Waals surface area contributed by atoms with Crippen LogP contribution in [0.5, 0.6) is 0 Å². The number of rotatable bonds is 7. The number of esters is 1. The molecule has 1 fully saturated rings. The van der Waals surface area contributed by atoms with Crippen molar-refractivity contribution >= 4 is 28.9 Å². The van der Waals surface area contributed by atoms with E-state index in [0.717, 1.165) is 17.3 Å². The van der Waals surface area contributed by atoms with Gasteiger partial charge in [0.1, 0.15) is 12.4 Å². The minimum atomic E-state index is -0.934. The first-order chi connectivity index (χ1) is 11.5. The molecule has 1 aliphatic heterocycles. The minimum absolute atomic E-state index is 0.140. The molecule has 8 heteroatoms. The lowest BCUT2D eigenvalue weighted by Gasteiger charge is -2.17. The second-order valence-corrected chi connectivity index (χ2v) is 6.38. The van der Waals surface area contributed by atoms with Crippen molar-refractivity contribution in [2.45, 2.75) is 19.4 Å². The lowest BCUT2D eigenvalue weighted by atomic mass is 10.1. The Kier molecular flexibility index (Phi) is 6.60. The molecule has 2 rings (SSSR count). The van der Waals surface area contributed by atoms with Crippen molar-refractivity contribution in [3.8, 4) is 0 Å². The number of hydrogen-bond acceptors (Lipinski definition) is 5. The van der Waals surface area contributed by atoms with Crippen LogP contribution in [-0.2, 0) is 20.7 Å². The Morgan fingerprint density at radius 1 is 1.38 bits per heavy atom. The van der Waals surface area contributed by atoms with Gasteiger partial charge in [-0.1, -0.05) is 23.9 Å². The van der Waals surface area contributed by atoms with Crippen molar-refractivity contribution in [3.63, 3.8) is 0 Å². The molecule has 1 aromatic carbocycles. The summed E-state index contributed by atoms with van der Waals surface area (Å²) in [5.41, 5.74) is 0.895. The molecule has 0 aromatic heterocycles. The van der Waals surface area contributed by atoms with E-state index in [1.54, 1.807) is 12.1 Å². The molecule has 0 radical (unpaired) electrons. The Hall–Kier alpha value is -2.09. The molecule has 0 spiro atoms. The number of nitrogens with one attached hydrogen (secondary N) is 1. The van der Waals surface area contributed by atoms with E-state index in [1.165, 1.54) is 24.0 Å². The van der Waals surface area contributed by atoms with E-state index < -0.39 is 18.0 Å². The smallest absolute Gasteiger partial charge is 0.326 e. The molecule has 1 aromatic rings. The SMILES string of the molecule is C[C@H](OC(=O)CN1CCSC1=O)C(=O)NCCc1ccc(F)cc1. The molecule has 24 heavy (non-hydrogen) atoms. The Morgan fingerprint density at radius 3 is 2.71 bits per heavy atom. The quantitative estimate of drug-likeness (QED) is 0.753. The predicted molar refractivity (Wildman–Crippen MR) is 88.1 cm³/mol. The largest absolute Gasteiger partial charge is 0.451 e. The highest BCUT2D eigenvalue weighted by Crippen LogP contribution is 2.16. The summed E-state index contributed by atoms with van der Waals surface area (Å²) in [6.07, 6.45) is -0.386. The number of carbonyl (C=O) groups is 3. The van der Waals surface area contributed by atoms with E-state index in [-0.39, 0.29) is 17.6 Å². The molecule has 0 bridgehead atoms. The summed E-state index contributed by atoms with van der Waals surface area (Å²) in [5, 5.41) is 2.51. The minimum Gasteiger partial charge on any atom is -0.451 e. The Balaban J connectivity index is 1.68. The van der Waals surface area contributed by atoms with Crippen molar-refractivity contribution in [3.05, 3.63) is 35.6 Å². The monoisotopic (exact) mass is 354 g/mol. The Bertz CT molecular complexity index is 609. The van der Waals surface area contributed by atoms with Crippen LogP contribution in [0.15, 0.2) is 24.3 Å². The lowest BCUT2D eigenvalue weighted by Crippen LogP contribution is -2.39. The highest BCUT2D eigenvalue weighted by atomic mass is 32.2. The molecular formula is C16H19FN2O4S. The standard InChI is InChI=1S/C16H19FN2O4S/c1-11(23-14(20)10-19-8-9-24-16(19)22)15(21)18-7-6-12-2-4-13(17)5-3-12/h2-5,11H,6-10H2,1H3,(H,18,21)/t11-/m0/s1. The van der Waals surface area contributed by atoms with Gasteiger partial charge in [-0.2, -0.15) is 0 Å². The van der Waals surface area contributed by atoms with Crippen LogP contribution < -0.4 is 5.32 Å². The maximum absolute atomic E-state index is 12.8. The third-order valence-corrected chi connectivity index (χ3v) is 4.36. The van der Waals surface area contributed by atoms with Crippen molar-refractivity contribution in [2.75, 3.05) is 25.4 Å². The predicted octanol–water partition coefficient (Wildman–Crippen LogP) is 1.58. The fraction of sp³-hybridized carbons (Fsp3) is 0.438. The maximum atomic E-state index is 12.8. The van der Waals surface area contributed by atoms with Gasteiger partial charge in [0.15, 0.2) is 6.10 Å². The molecule has 0 aliphatic carbocycles. The number of ether oxygens (including phenoxy) is 1. The zero-order valence-electron chi connectivity index (χ0n) is 13.3. The number of halogens is 1. The topological polar surface area (TPSA) is 75.7 Å². The molecule has 2 amide bonds. The molecule has 0 unspecified atom stereocenters. The second-order valence-electron chi connectivity index (χ2n) is 5.34. The number of benzene rings is 1. The summed E-state index contributed by atoms with van der Waals surface area (Å²) in [7, 11) is 0. The van der Waals surface area contributed by atoms with E-state index >= 15 is 0 Å². The number of thioether (sulfide) groups is 1. The summed E-state index contributed by atoms with van der Waals surface area (Å²) >= 11 is 1.16. The first-order valence-corrected chi connectivity index (χ1v) is 8.57. The lowest BCUT2D eigenvalue weighted by molar-refractivity contribution is -0.155. The molecule has 0 saturated carbocycles. The van der Waals surface area contributed by atoms with E-state index in [2.05, 4.69) is 5.32 Å². The molecule has 1 aliphatic rings. The highest BCUT2D eigenvalue weighted by Gasteiger charge is 2.25. The van der Waals surface area contributed by atoms with E-state index in [1.807, 2.05) is 0 Å². The van der Waals surface area contributed by atoms with Crippen molar-refractivity contribution in [1.82, 2.24) is 10.2 Å². The molecule has 6 nitrogen and oxygen atoms in total. The van der Waals surface area contributed by atoms with Gasteiger partial charge in [0, 0.05) is 18.8 Å². The van der Waals surface area contributed by atoms with Crippen molar-refractivity contribution in [2.24, 2.45) is 0 Å². The summed E-state index contributed by atoms with van der Waals surface area (Å²) in [4.78, 5) is 36.4. The van der Waals surface area contributed by atoms with Crippen LogP contribution in [0, 0.1) is 5.82 Å². The van der Waals surface area contributed by atoms with Crippen LogP contribution in [0.3, 0.4) is 0 Å². The third-order valence-electron chi connectivity index (χ3n) is 3.47. The molecular weight excluding hydrogens is 335 g/mol. The fourth-order valence-electron chi connectivity index (χ4n) is 2.14. The van der Waals surface area contributed by atoms with E-state index in [4.69, 9.17) is 4.74 Å². The van der Waals surface area contributed by atoms with Crippen LogP contribution in [0.2, 0.25) is 0 Å². The first-order valence-electron chi connectivity index (χ1n) is 7.59. The summed E-state index contributed by atoms with van der Waals surface area (Å²) in [5.74, 6) is -0.663. The van der Waals surface area contributed by atoms with Gasteiger partial charge in [0.05, 0.1) is 0 Å². The molecule has 1 heterocycles. The Morgan fingerprint density at radius 2 is 2.08 bits per heavy atom. The van der Waals surface area contributed by atoms with Crippen molar-refractivity contribution in [1.29, 1.82) is 0 Å². The van der Waals surface area contributed by atoms with Gasteiger partial charge in [-0.3, -0.25) is 14.4 Å². The van der Waals surface area contributed by atoms with Crippen LogP contribution in [0.4, 0.5) is 9.18 Å². The average Bonchev–Trinajstić information content (AvgIpc) is 2.94. The van der Waals surface area contributed by atoms with Gasteiger partial charge in [-0.05, 0) is 31.0 Å². The second kappa shape index (κ2) is 8.68. The van der Waals surface area contributed by atoms with Gasteiger partial charge in [0.2, 0.25) is 0 Å². The molecule has 1 atom stereocenters. The van der Waals surface area contributed by atoms with Crippen LogP contribution >= 0.6 is 11.8 Å². The summed E-state index contributed by atoms with van der Waals surface area (Å²) < 4.78 is 17.8. The first kappa shape index (κ1) is 18.3. The molecule has 1 N–H and O–H groups in total. The zero-order chi connectivity index (χ0) is 17.5. The fourth-order valence-corrected chi connectivity index (χ4v) is 2.96. The van der Waals surface area contributed by atoms with Crippen LogP contribution in [0.25, 0.3) is 0 Å². The van der Waals surface area contributed by atoms with Gasteiger partial charge in [-0.15, -0.1) is 0 Å². The van der Waals surface area contributed by atoms with E-state index in [0.29, 0.717) is 25.3 Å². The van der Waals surface area contributed by atoms with Crippen LogP contribution in [-0.4, -0.2) is 53.5 Å². The highest BCUT2D eigenvalue weighted by molar-refractivity contribution is 8.13. The zero-order valence-corrected chi connectivity index (χ0v) is 14.1. The van der Waals surface area contributed by atoms with Crippen molar-refractivity contribution < 1.29 is 23.5 Å². The van der Waals surface area contributed by atoms with Gasteiger partial charge in [0.25, 0.3) is 11.1 Å². The van der Waals surface area contributed by atoms with Crippen LogP contribution in [0.1, 0.15) is 12.5 Å². The molecule has 1 saturated heterocycles. The van der Waals surface area contributed by atoms with Gasteiger partial charge >= 0.3 is 5.97 Å². The number of hydrogen-bond donors (Lipinski definition) is 1. The average molecular weight is 354 g/mol. The van der Waals surface area contributed by atoms with Gasteiger partial charge in [-0.25, -0.2) is 4.39 Å². The summed E-state index contributed by atoms with van der Waals surface area (Å²) in [6, 6.07) is 6.02. The van der Waals surface area contributed by atoms with E-state index in [9.17, 15) is 18.8 Å². The maximum Gasteiger partial charge on any atom is 0.326 e. The third kappa shape index (κ3) is 5.52. The normalized spacial score (nSPS) is 15.2. The van der Waals surface area contributed by atoms with Gasteiger partial charge < -0.3 is 15.0 Å². The summed E-state index contributed by atoms with van der Waals surface area (Å²) in [6.45, 7) is 2.20. The number of carbonyl (C=O) groups excluding carboxylic acids is 3.